The van der Waals surface area contributed by atoms with Gasteiger partial charge < -0.3 is 10.1 Å². The summed E-state index contributed by atoms with van der Waals surface area (Å²) in [6.07, 6.45) is 6.58. The van der Waals surface area contributed by atoms with Gasteiger partial charge >= 0.3 is 0 Å². The van der Waals surface area contributed by atoms with E-state index in [4.69, 9.17) is 4.74 Å². The minimum atomic E-state index is 0.162. The van der Waals surface area contributed by atoms with Gasteiger partial charge in [0.05, 0.1) is 18.0 Å². The zero-order chi connectivity index (χ0) is 14.5. The van der Waals surface area contributed by atoms with E-state index in [-0.39, 0.29) is 6.10 Å². The summed E-state index contributed by atoms with van der Waals surface area (Å²) in [5, 5.41) is 7.94. The average Bonchev–Trinajstić information content (AvgIpc) is 3.04. The number of para-hydroxylation sites is 1. The molecule has 1 N–H and O–H groups in total. The van der Waals surface area contributed by atoms with Crippen molar-refractivity contribution in [1.29, 1.82) is 0 Å². The predicted molar refractivity (Wildman–Crippen MR) is 83.5 cm³/mol. The van der Waals surface area contributed by atoms with E-state index in [0.29, 0.717) is 5.92 Å². The Morgan fingerprint density at radius 2 is 2.19 bits per heavy atom. The Morgan fingerprint density at radius 1 is 1.33 bits per heavy atom. The Morgan fingerprint density at radius 3 is 3.00 bits per heavy atom. The Hall–Kier alpha value is -1.65. The number of hydrogen-bond donors (Lipinski definition) is 1. The molecule has 4 nitrogen and oxygen atoms in total. The van der Waals surface area contributed by atoms with Crippen molar-refractivity contribution >= 4 is 0 Å². The third-order valence-electron chi connectivity index (χ3n) is 4.05. The van der Waals surface area contributed by atoms with Crippen molar-refractivity contribution in [3.8, 4) is 5.69 Å². The van der Waals surface area contributed by atoms with Crippen molar-refractivity contribution in [1.82, 2.24) is 15.1 Å². The van der Waals surface area contributed by atoms with E-state index < -0.39 is 0 Å². The first-order valence-electron chi connectivity index (χ1n) is 7.81. The van der Waals surface area contributed by atoms with Crippen molar-refractivity contribution < 1.29 is 4.74 Å². The highest BCUT2D eigenvalue weighted by atomic mass is 16.5. The molecular weight excluding hydrogens is 262 g/mol. The largest absolute Gasteiger partial charge is 0.373 e. The molecule has 0 aliphatic carbocycles. The third-order valence-corrected chi connectivity index (χ3v) is 4.05. The predicted octanol–water partition coefficient (Wildman–Crippen LogP) is 2.95. The molecule has 0 spiro atoms. The summed E-state index contributed by atoms with van der Waals surface area (Å²) >= 11 is 0. The Bertz CT molecular complexity index is 552. The third kappa shape index (κ3) is 3.34. The van der Waals surface area contributed by atoms with Crippen LogP contribution in [0.2, 0.25) is 0 Å². The van der Waals surface area contributed by atoms with Crippen LogP contribution < -0.4 is 5.32 Å². The maximum absolute atomic E-state index is 6.03. The van der Waals surface area contributed by atoms with Gasteiger partial charge in [-0.05, 0) is 31.5 Å². The van der Waals surface area contributed by atoms with Crippen LogP contribution in [-0.4, -0.2) is 29.5 Å². The molecule has 3 rings (SSSR count). The maximum atomic E-state index is 6.03. The quantitative estimate of drug-likeness (QED) is 0.918. The highest BCUT2D eigenvalue weighted by Crippen LogP contribution is 2.33. The van der Waals surface area contributed by atoms with Crippen LogP contribution in [0.5, 0.6) is 0 Å². The summed E-state index contributed by atoms with van der Waals surface area (Å²) in [5.41, 5.74) is 2.27. The summed E-state index contributed by atoms with van der Waals surface area (Å²) in [4.78, 5) is 0. The Kier molecular flexibility index (Phi) is 4.68. The lowest BCUT2D eigenvalue weighted by molar-refractivity contribution is -0.0276. The van der Waals surface area contributed by atoms with E-state index in [2.05, 4.69) is 35.7 Å². The SMILES string of the molecule is CCNCC1CCCOC1c1cnn(-c2ccccc2)c1. The molecule has 0 radical (unpaired) electrons. The smallest absolute Gasteiger partial charge is 0.0895 e. The number of nitrogens with zero attached hydrogens (tertiary/aromatic N) is 2. The number of benzene rings is 1. The number of hydrogen-bond acceptors (Lipinski definition) is 3. The van der Waals surface area contributed by atoms with Crippen LogP contribution >= 0.6 is 0 Å². The zero-order valence-electron chi connectivity index (χ0n) is 12.5. The summed E-state index contributed by atoms with van der Waals surface area (Å²) < 4.78 is 7.96. The van der Waals surface area contributed by atoms with Crippen LogP contribution in [0, 0.1) is 5.92 Å². The Labute approximate surface area is 126 Å². The van der Waals surface area contributed by atoms with Crippen molar-refractivity contribution in [2.45, 2.75) is 25.9 Å². The lowest BCUT2D eigenvalue weighted by Gasteiger charge is -2.31. The number of aromatic nitrogens is 2. The minimum Gasteiger partial charge on any atom is -0.373 e. The van der Waals surface area contributed by atoms with Crippen LogP contribution in [0.25, 0.3) is 5.69 Å². The number of rotatable bonds is 5. The monoisotopic (exact) mass is 285 g/mol. The molecule has 1 aliphatic rings. The topological polar surface area (TPSA) is 39.1 Å². The second kappa shape index (κ2) is 6.87. The fourth-order valence-electron chi connectivity index (χ4n) is 2.96. The highest BCUT2D eigenvalue weighted by Gasteiger charge is 2.28. The van der Waals surface area contributed by atoms with Crippen molar-refractivity contribution in [3.63, 3.8) is 0 Å². The van der Waals surface area contributed by atoms with Gasteiger partial charge in [-0.3, -0.25) is 0 Å². The molecule has 1 aliphatic heterocycles. The molecule has 2 heterocycles. The summed E-state index contributed by atoms with van der Waals surface area (Å²) in [7, 11) is 0. The average molecular weight is 285 g/mol. The first-order chi connectivity index (χ1) is 10.4. The fraction of sp³-hybridized carbons (Fsp3) is 0.471. The molecule has 0 saturated carbocycles. The van der Waals surface area contributed by atoms with Gasteiger partial charge in [0.2, 0.25) is 0 Å². The van der Waals surface area contributed by atoms with Crippen molar-refractivity contribution in [2.24, 2.45) is 5.92 Å². The van der Waals surface area contributed by atoms with Crippen molar-refractivity contribution in [2.75, 3.05) is 19.7 Å². The van der Waals surface area contributed by atoms with Gasteiger partial charge in [0.1, 0.15) is 0 Å². The molecule has 2 unspecified atom stereocenters. The minimum absolute atomic E-state index is 0.162. The van der Waals surface area contributed by atoms with E-state index in [1.54, 1.807) is 0 Å². The Balaban J connectivity index is 1.77. The maximum Gasteiger partial charge on any atom is 0.0895 e. The second-order valence-corrected chi connectivity index (χ2v) is 5.56. The molecule has 0 bridgehead atoms. The van der Waals surface area contributed by atoms with E-state index in [9.17, 15) is 0 Å². The summed E-state index contributed by atoms with van der Waals surface area (Å²) in [5.74, 6) is 0.534. The van der Waals surface area contributed by atoms with E-state index in [1.807, 2.05) is 29.1 Å². The first kappa shape index (κ1) is 14.3. The molecule has 2 atom stereocenters. The highest BCUT2D eigenvalue weighted by molar-refractivity contribution is 5.31. The van der Waals surface area contributed by atoms with Gasteiger partial charge in [0.15, 0.2) is 0 Å². The van der Waals surface area contributed by atoms with Gasteiger partial charge in [-0.25, -0.2) is 4.68 Å². The van der Waals surface area contributed by atoms with Crippen LogP contribution in [0.4, 0.5) is 0 Å². The van der Waals surface area contributed by atoms with Gasteiger partial charge in [-0.15, -0.1) is 0 Å². The fourth-order valence-corrected chi connectivity index (χ4v) is 2.96. The second-order valence-electron chi connectivity index (χ2n) is 5.56. The van der Waals surface area contributed by atoms with Crippen LogP contribution in [0.3, 0.4) is 0 Å². The molecule has 1 saturated heterocycles. The van der Waals surface area contributed by atoms with E-state index in [0.717, 1.165) is 31.8 Å². The molecule has 112 valence electrons. The molecule has 0 amide bonds. The summed E-state index contributed by atoms with van der Waals surface area (Å²) in [6, 6.07) is 10.2. The lowest BCUT2D eigenvalue weighted by Crippen LogP contribution is -2.31. The van der Waals surface area contributed by atoms with Crippen molar-refractivity contribution in [3.05, 3.63) is 48.3 Å². The van der Waals surface area contributed by atoms with Gasteiger partial charge in [0.25, 0.3) is 0 Å². The lowest BCUT2D eigenvalue weighted by atomic mass is 9.91. The van der Waals surface area contributed by atoms with Crippen LogP contribution in [0.15, 0.2) is 42.7 Å². The van der Waals surface area contributed by atoms with Crippen LogP contribution in [-0.2, 0) is 4.74 Å². The molecular formula is C17H23N3O. The number of ether oxygens (including phenoxy) is 1. The first-order valence-corrected chi connectivity index (χ1v) is 7.81. The zero-order valence-corrected chi connectivity index (χ0v) is 12.5. The van der Waals surface area contributed by atoms with Crippen LogP contribution in [0.1, 0.15) is 31.4 Å². The van der Waals surface area contributed by atoms with Gasteiger partial charge in [0, 0.05) is 30.8 Å². The molecule has 2 aromatic rings. The van der Waals surface area contributed by atoms with E-state index in [1.165, 1.54) is 12.0 Å². The molecule has 4 heteroatoms. The molecule has 1 fully saturated rings. The molecule has 1 aromatic carbocycles. The molecule has 1 aromatic heterocycles. The van der Waals surface area contributed by atoms with Gasteiger partial charge in [-0.2, -0.15) is 5.10 Å². The molecule has 21 heavy (non-hydrogen) atoms. The van der Waals surface area contributed by atoms with E-state index >= 15 is 0 Å². The van der Waals surface area contributed by atoms with Gasteiger partial charge in [-0.1, -0.05) is 25.1 Å². The normalized spacial score (nSPS) is 22.3. The number of nitrogens with one attached hydrogen (secondary N) is 1. The summed E-state index contributed by atoms with van der Waals surface area (Å²) in [6.45, 7) is 5.01. The standard InChI is InChI=1S/C17H23N3O/c1-2-18-11-14-7-6-10-21-17(14)15-12-19-20(13-15)16-8-4-3-5-9-16/h3-5,8-9,12-14,17-18H,2,6-7,10-11H2,1H3.